The van der Waals surface area contributed by atoms with E-state index in [-0.39, 0.29) is 11.8 Å². The molecule has 3 amide bonds. The first-order valence-corrected chi connectivity index (χ1v) is 19.5. The maximum atomic E-state index is 12.5. The van der Waals surface area contributed by atoms with E-state index in [1.807, 2.05) is 18.6 Å². The molecule has 4 fully saturated rings. The lowest BCUT2D eigenvalue weighted by Gasteiger charge is -2.24. The van der Waals surface area contributed by atoms with Gasteiger partial charge in [-0.25, -0.2) is 28.4 Å². The van der Waals surface area contributed by atoms with Gasteiger partial charge >= 0.3 is 38.8 Å². The van der Waals surface area contributed by atoms with E-state index in [9.17, 15) is 36.0 Å². The van der Waals surface area contributed by atoms with Crippen LogP contribution in [0.4, 0.5) is 9.59 Å². The highest BCUT2D eigenvalue weighted by Crippen LogP contribution is 2.48. The van der Waals surface area contributed by atoms with Crippen LogP contribution in [0.25, 0.3) is 0 Å². The minimum Gasteiger partial charge on any atom is -0.467 e. The molecule has 0 aromatic heterocycles. The fourth-order valence-corrected chi connectivity index (χ4v) is 6.90. The molecule has 0 heterocycles. The summed E-state index contributed by atoms with van der Waals surface area (Å²) in [5.41, 5.74) is -4.63. The fourth-order valence-electron chi connectivity index (χ4n) is 5.03. The summed E-state index contributed by atoms with van der Waals surface area (Å²) in [7, 11) is -6.61. The number of methoxy groups -OCH3 is 1. The summed E-state index contributed by atoms with van der Waals surface area (Å²) < 4.78 is 70.9. The van der Waals surface area contributed by atoms with Crippen molar-refractivity contribution in [2.75, 3.05) is 7.11 Å². The zero-order valence-corrected chi connectivity index (χ0v) is 32.6. The van der Waals surface area contributed by atoms with Gasteiger partial charge in [0.05, 0.1) is 18.3 Å². The Kier molecular flexibility index (Phi) is 13.1. The van der Waals surface area contributed by atoms with Crippen molar-refractivity contribution in [3.05, 3.63) is 0 Å². The highest BCUT2D eigenvalue weighted by atomic mass is 32.2. The monoisotopic (exact) mass is 756 g/mol. The molecule has 4 aliphatic rings. The highest BCUT2D eigenvalue weighted by Gasteiger charge is 2.62. The zero-order chi connectivity index (χ0) is 38.8. The lowest BCUT2D eigenvalue weighted by molar-refractivity contribution is -0.145. The molecule has 17 nitrogen and oxygen atoms in total. The SMILES string of the molecule is CC1(OS(N)(=O)=O)CC1.CC[C@@H]1C[C@]1(NC(=O)OC(C)(C)C)C(=O)NS(=O)(=O)OC1(C)CC1.CC[C@@H]1C[C@]1(NC(=O)OC(C)(C)C)C(=O)OC. The molecule has 19 heteroatoms. The predicted octanol–water partition coefficient (Wildman–Crippen LogP) is 3.22. The van der Waals surface area contributed by atoms with E-state index in [0.29, 0.717) is 32.1 Å². The average Bonchev–Trinajstić information content (AvgIpc) is 3.76. The molecule has 0 saturated heterocycles. The molecule has 5 N–H and O–H groups in total. The van der Waals surface area contributed by atoms with Crippen molar-refractivity contribution in [1.29, 1.82) is 0 Å². The van der Waals surface area contributed by atoms with Crippen molar-refractivity contribution in [2.45, 2.75) is 154 Å². The Labute approximate surface area is 296 Å². The quantitative estimate of drug-likeness (QED) is 0.175. The Balaban J connectivity index is 0.000000288. The zero-order valence-electron chi connectivity index (χ0n) is 31.0. The van der Waals surface area contributed by atoms with Gasteiger partial charge in [-0.2, -0.15) is 16.8 Å². The summed E-state index contributed by atoms with van der Waals surface area (Å²) in [6.07, 6.45) is 3.93. The van der Waals surface area contributed by atoms with Gasteiger partial charge in [-0.05, 0) is 106 Å². The number of alkyl carbamates (subject to hydrolysis) is 2. The van der Waals surface area contributed by atoms with Crippen LogP contribution < -0.4 is 20.5 Å². The number of carbonyl (C=O) groups is 4. The topological polar surface area (TPSA) is 245 Å². The van der Waals surface area contributed by atoms with Crippen molar-refractivity contribution in [2.24, 2.45) is 17.0 Å². The van der Waals surface area contributed by atoms with Gasteiger partial charge in [-0.3, -0.25) is 8.98 Å². The van der Waals surface area contributed by atoms with Crippen LogP contribution in [0, 0.1) is 11.8 Å². The van der Waals surface area contributed by atoms with Crippen LogP contribution in [-0.4, -0.2) is 81.5 Å². The van der Waals surface area contributed by atoms with Crippen LogP contribution in [0.15, 0.2) is 0 Å². The lowest BCUT2D eigenvalue weighted by atomic mass is 10.1. The molecule has 0 radical (unpaired) electrons. The number of ether oxygens (including phenoxy) is 3. The number of carbonyl (C=O) groups excluding carboxylic acids is 4. The predicted molar refractivity (Wildman–Crippen MR) is 181 cm³/mol. The standard InChI is InChI=1S/C15H26N2O6S.C12H21NO4.C4H9NO3S/c1-6-10-9-15(10,16-12(19)22-13(2,3)4)11(18)17-24(20,21)23-14(5)7-8-14;1-6-8-7-12(8,9(14)16-5)13-10(15)17-11(2,3)4;1-4(2-3-4)8-9(5,6)7/h10H,6-9H2,1-5H3,(H,16,19)(H,17,18);8H,6-7H2,1-5H3,(H,13,15);2-3H2,1H3,(H2,5,6,7)/t10-,15-;8-,12-;/m11./s1. The second-order valence-electron chi connectivity index (χ2n) is 15.8. The Morgan fingerprint density at radius 1 is 0.720 bits per heavy atom. The number of nitrogens with one attached hydrogen (secondary N) is 3. The van der Waals surface area contributed by atoms with Gasteiger partial charge in [0.2, 0.25) is 0 Å². The molecule has 0 unspecified atom stereocenters. The normalized spacial score (nSPS) is 27.0. The first-order chi connectivity index (χ1) is 22.5. The van der Waals surface area contributed by atoms with Crippen molar-refractivity contribution in [3.8, 4) is 0 Å². The van der Waals surface area contributed by atoms with Crippen LogP contribution in [0.1, 0.15) is 121 Å². The van der Waals surface area contributed by atoms with Crippen LogP contribution in [0.2, 0.25) is 0 Å². The molecule has 0 bridgehead atoms. The van der Waals surface area contributed by atoms with Crippen molar-refractivity contribution in [1.82, 2.24) is 15.4 Å². The van der Waals surface area contributed by atoms with Crippen molar-refractivity contribution >= 4 is 44.7 Å². The van der Waals surface area contributed by atoms with Crippen molar-refractivity contribution < 1.29 is 58.6 Å². The first-order valence-electron chi connectivity index (χ1n) is 16.6. The molecule has 4 saturated carbocycles. The molecule has 0 aromatic carbocycles. The van der Waals surface area contributed by atoms with E-state index in [1.165, 1.54) is 7.11 Å². The molecule has 4 aliphatic carbocycles. The number of hydrogen-bond acceptors (Lipinski definition) is 13. The average molecular weight is 757 g/mol. The molecule has 0 aliphatic heterocycles. The molecule has 4 atom stereocenters. The Bertz CT molecular complexity index is 1500. The fraction of sp³-hybridized carbons (Fsp3) is 0.871. The van der Waals surface area contributed by atoms with E-state index in [2.05, 4.69) is 20.0 Å². The van der Waals surface area contributed by atoms with Gasteiger partial charge in [-0.1, -0.05) is 26.7 Å². The largest absolute Gasteiger partial charge is 0.467 e. The molecule has 0 spiro atoms. The second-order valence-corrected chi connectivity index (χ2v) is 18.2. The summed E-state index contributed by atoms with van der Waals surface area (Å²) in [6, 6.07) is 0. The molecular weight excluding hydrogens is 700 g/mol. The molecule has 0 aromatic rings. The van der Waals surface area contributed by atoms with Gasteiger partial charge in [0.1, 0.15) is 22.3 Å². The third kappa shape index (κ3) is 13.8. The minimum atomic E-state index is -4.21. The number of hydrogen-bond donors (Lipinski definition) is 4. The van der Waals surface area contributed by atoms with E-state index in [1.54, 1.807) is 55.4 Å². The Morgan fingerprint density at radius 2 is 1.10 bits per heavy atom. The molecule has 290 valence electrons. The van der Waals surface area contributed by atoms with Gasteiger partial charge < -0.3 is 24.8 Å². The number of amides is 3. The smallest absolute Gasteiger partial charge is 0.408 e. The van der Waals surface area contributed by atoms with Gasteiger partial charge in [0.15, 0.2) is 0 Å². The van der Waals surface area contributed by atoms with E-state index < -0.39 is 78.2 Å². The Hall–Kier alpha value is -2.74. The number of esters is 1. The Morgan fingerprint density at radius 3 is 1.40 bits per heavy atom. The highest BCUT2D eigenvalue weighted by molar-refractivity contribution is 7.85. The third-order valence-electron chi connectivity index (χ3n) is 8.35. The maximum absolute atomic E-state index is 12.5. The van der Waals surface area contributed by atoms with Gasteiger partial charge in [0, 0.05) is 0 Å². The van der Waals surface area contributed by atoms with E-state index >= 15 is 0 Å². The van der Waals surface area contributed by atoms with Crippen LogP contribution in [-0.2, 0) is 52.8 Å². The maximum Gasteiger partial charge on any atom is 0.408 e. The molecule has 4 rings (SSSR count). The third-order valence-corrected chi connectivity index (χ3v) is 10.0. The number of nitrogens with two attached hydrogens (primary N) is 1. The molecular formula is C31H56N4O13S2. The minimum absolute atomic E-state index is 0.141. The van der Waals surface area contributed by atoms with Crippen molar-refractivity contribution in [3.63, 3.8) is 0 Å². The summed E-state index contributed by atoms with van der Waals surface area (Å²) in [5.74, 6) is -1.18. The van der Waals surface area contributed by atoms with E-state index in [4.69, 9.17) is 18.4 Å². The van der Waals surface area contributed by atoms with Gasteiger partial charge in [-0.15, -0.1) is 0 Å². The first kappa shape index (κ1) is 43.4. The summed E-state index contributed by atoms with van der Waals surface area (Å²) in [6.45, 7) is 17.7. The van der Waals surface area contributed by atoms with Crippen LogP contribution >= 0.6 is 0 Å². The second kappa shape index (κ2) is 15.1. The summed E-state index contributed by atoms with van der Waals surface area (Å²) >= 11 is 0. The lowest BCUT2D eigenvalue weighted by Crippen LogP contribution is -2.53. The molecule has 50 heavy (non-hydrogen) atoms. The van der Waals surface area contributed by atoms with Crippen LogP contribution in [0.3, 0.4) is 0 Å². The van der Waals surface area contributed by atoms with Crippen LogP contribution in [0.5, 0.6) is 0 Å². The van der Waals surface area contributed by atoms with E-state index in [0.717, 1.165) is 19.3 Å². The van der Waals surface area contributed by atoms with Gasteiger partial charge in [0.25, 0.3) is 5.91 Å². The summed E-state index contributed by atoms with van der Waals surface area (Å²) in [5, 5.41) is 9.78. The number of rotatable bonds is 11. The summed E-state index contributed by atoms with van der Waals surface area (Å²) in [4.78, 5) is 47.8.